The van der Waals surface area contributed by atoms with E-state index >= 15 is 0 Å². The first-order valence-corrected chi connectivity index (χ1v) is 11.8. The highest BCUT2D eigenvalue weighted by atomic mass is 16.5. The number of piperidine rings is 1. The molecule has 4 aromatic rings. The van der Waals surface area contributed by atoms with Crippen LogP contribution >= 0.6 is 0 Å². The molecule has 0 bridgehead atoms. The number of carbonyl (C=O) groups is 1. The second-order valence-electron chi connectivity index (χ2n) is 8.97. The minimum absolute atomic E-state index is 0.0366. The molecule has 0 saturated carbocycles. The third kappa shape index (κ3) is 5.80. The summed E-state index contributed by atoms with van der Waals surface area (Å²) in [4.78, 5) is 18.7. The number of nitrogens with one attached hydrogen (secondary N) is 2. The Morgan fingerprint density at radius 2 is 2.09 bits per heavy atom. The van der Waals surface area contributed by atoms with Crippen LogP contribution in [-0.2, 0) is 17.8 Å². The quantitative estimate of drug-likeness (QED) is 0.411. The number of hydrogen-bond acceptors (Lipinski definition) is 5. The van der Waals surface area contributed by atoms with Gasteiger partial charge in [0, 0.05) is 24.7 Å². The number of aromatic amines is 1. The first-order chi connectivity index (χ1) is 16.7. The summed E-state index contributed by atoms with van der Waals surface area (Å²) in [5.74, 6) is 1.15. The number of carbonyl (C=O) groups excluding carboxylic acids is 1. The average molecular weight is 456 g/mol. The summed E-state index contributed by atoms with van der Waals surface area (Å²) in [6.07, 6.45) is 8.73. The van der Waals surface area contributed by atoms with Crippen molar-refractivity contribution in [1.82, 2.24) is 20.1 Å². The van der Waals surface area contributed by atoms with Crippen LogP contribution < -0.4 is 10.1 Å². The van der Waals surface area contributed by atoms with E-state index in [1.807, 2.05) is 24.4 Å². The van der Waals surface area contributed by atoms with E-state index in [-0.39, 0.29) is 12.5 Å². The Kier molecular flexibility index (Phi) is 6.81. The van der Waals surface area contributed by atoms with Crippen molar-refractivity contribution in [2.75, 3.05) is 25.0 Å². The largest absolute Gasteiger partial charge is 0.484 e. The van der Waals surface area contributed by atoms with E-state index in [4.69, 9.17) is 4.74 Å². The molecular formula is C27H29N5O2. The summed E-state index contributed by atoms with van der Waals surface area (Å²) >= 11 is 0. The molecular weight excluding hydrogens is 426 g/mol. The average Bonchev–Trinajstić information content (AvgIpc) is 3.32. The maximum Gasteiger partial charge on any atom is 0.262 e. The van der Waals surface area contributed by atoms with Gasteiger partial charge in [-0.25, -0.2) is 0 Å². The third-order valence-electron chi connectivity index (χ3n) is 6.25. The number of rotatable bonds is 8. The van der Waals surface area contributed by atoms with Gasteiger partial charge in [-0.1, -0.05) is 18.2 Å². The summed E-state index contributed by atoms with van der Waals surface area (Å²) in [7, 11) is 0. The summed E-state index contributed by atoms with van der Waals surface area (Å²) in [6.45, 7) is 3.04. The molecule has 174 valence electrons. The van der Waals surface area contributed by atoms with Gasteiger partial charge >= 0.3 is 0 Å². The zero-order valence-electron chi connectivity index (χ0n) is 19.1. The topological polar surface area (TPSA) is 83.1 Å². The number of anilines is 1. The molecule has 0 aliphatic carbocycles. The molecule has 0 unspecified atom stereocenters. The molecule has 1 amide bonds. The van der Waals surface area contributed by atoms with E-state index in [1.54, 1.807) is 24.5 Å². The molecule has 1 fully saturated rings. The summed E-state index contributed by atoms with van der Waals surface area (Å²) < 4.78 is 5.74. The normalized spacial score (nSPS) is 16.4. The van der Waals surface area contributed by atoms with Gasteiger partial charge in [0.25, 0.3) is 5.91 Å². The lowest BCUT2D eigenvalue weighted by Crippen LogP contribution is -2.35. The van der Waals surface area contributed by atoms with Crippen LogP contribution in [0.1, 0.15) is 24.0 Å². The molecule has 0 radical (unpaired) electrons. The predicted molar refractivity (Wildman–Crippen MR) is 133 cm³/mol. The fraction of sp³-hybridized carbons (Fsp3) is 0.296. The van der Waals surface area contributed by atoms with Gasteiger partial charge in [-0.05, 0) is 79.3 Å². The lowest BCUT2D eigenvalue weighted by atomic mass is 9.90. The Morgan fingerprint density at radius 3 is 3.00 bits per heavy atom. The van der Waals surface area contributed by atoms with Crippen LogP contribution in [0.4, 0.5) is 5.69 Å². The van der Waals surface area contributed by atoms with Gasteiger partial charge in [0.1, 0.15) is 5.75 Å². The standard InChI is InChI=1S/C27H29N5O2/c33-27(30-24-6-2-10-28-16-24)19-34-25-7-1-4-22(14-25)18-32-11-3-5-21(17-32)12-20-8-9-26-23(13-20)15-29-31-26/h1-2,4,6-10,13-16,21H,3,5,11-12,17-19H2,(H,29,31)(H,30,33)/t21-/m0/s1. The molecule has 7 heteroatoms. The first kappa shape index (κ1) is 22.1. The van der Waals surface area contributed by atoms with E-state index in [0.717, 1.165) is 31.6 Å². The Balaban J connectivity index is 1.13. The van der Waals surface area contributed by atoms with Crippen LogP contribution in [-0.4, -0.2) is 45.7 Å². The van der Waals surface area contributed by atoms with Crippen LogP contribution in [0, 0.1) is 5.92 Å². The number of likely N-dealkylation sites (tertiary alicyclic amines) is 1. The number of nitrogens with zero attached hydrogens (tertiary/aromatic N) is 3. The molecule has 3 heterocycles. The van der Waals surface area contributed by atoms with Crippen molar-refractivity contribution >= 4 is 22.5 Å². The van der Waals surface area contributed by atoms with E-state index in [2.05, 4.69) is 49.7 Å². The second-order valence-corrected chi connectivity index (χ2v) is 8.97. The van der Waals surface area contributed by atoms with Crippen LogP contribution in [0.25, 0.3) is 10.9 Å². The minimum Gasteiger partial charge on any atom is -0.484 e. The molecule has 34 heavy (non-hydrogen) atoms. The van der Waals surface area contributed by atoms with E-state index in [0.29, 0.717) is 17.4 Å². The molecule has 1 aliphatic heterocycles. The van der Waals surface area contributed by atoms with Gasteiger partial charge in [-0.15, -0.1) is 0 Å². The molecule has 5 rings (SSSR count). The number of H-pyrrole nitrogens is 1. The predicted octanol–water partition coefficient (Wildman–Crippen LogP) is 4.43. The Hall–Kier alpha value is -3.71. The van der Waals surface area contributed by atoms with Gasteiger partial charge < -0.3 is 10.1 Å². The highest BCUT2D eigenvalue weighted by Gasteiger charge is 2.20. The number of ether oxygens (including phenoxy) is 1. The number of pyridine rings is 1. The Morgan fingerprint density at radius 1 is 1.12 bits per heavy atom. The molecule has 2 N–H and O–H groups in total. The van der Waals surface area contributed by atoms with Crippen LogP contribution in [0.2, 0.25) is 0 Å². The zero-order valence-corrected chi connectivity index (χ0v) is 19.1. The molecule has 2 aromatic carbocycles. The summed E-state index contributed by atoms with van der Waals surface area (Å²) in [6, 6.07) is 18.2. The highest BCUT2D eigenvalue weighted by molar-refractivity contribution is 5.91. The first-order valence-electron chi connectivity index (χ1n) is 11.8. The number of amides is 1. The summed E-state index contributed by atoms with van der Waals surface area (Å²) in [5, 5.41) is 11.1. The summed E-state index contributed by atoms with van der Waals surface area (Å²) in [5.41, 5.74) is 4.33. The van der Waals surface area contributed by atoms with Gasteiger partial charge in [0.2, 0.25) is 0 Å². The van der Waals surface area contributed by atoms with E-state index < -0.39 is 0 Å². The lowest BCUT2D eigenvalue weighted by Gasteiger charge is -2.33. The number of fused-ring (bicyclic) bond motifs is 1. The highest BCUT2D eigenvalue weighted by Crippen LogP contribution is 2.24. The number of aromatic nitrogens is 3. The molecule has 1 saturated heterocycles. The minimum atomic E-state index is -0.203. The van der Waals surface area contributed by atoms with Crippen LogP contribution in [0.3, 0.4) is 0 Å². The van der Waals surface area contributed by atoms with Crippen molar-refractivity contribution in [3.05, 3.63) is 84.3 Å². The Bertz CT molecular complexity index is 1240. The van der Waals surface area contributed by atoms with Crippen molar-refractivity contribution in [2.45, 2.75) is 25.8 Å². The van der Waals surface area contributed by atoms with Crippen molar-refractivity contribution in [3.8, 4) is 5.75 Å². The maximum atomic E-state index is 12.2. The zero-order chi connectivity index (χ0) is 23.2. The van der Waals surface area contributed by atoms with Crippen molar-refractivity contribution in [3.63, 3.8) is 0 Å². The fourth-order valence-electron chi connectivity index (χ4n) is 4.69. The Labute approximate surface area is 199 Å². The molecule has 1 atom stereocenters. The van der Waals surface area contributed by atoms with Crippen molar-refractivity contribution in [2.24, 2.45) is 5.92 Å². The maximum absolute atomic E-state index is 12.2. The van der Waals surface area contributed by atoms with Gasteiger partial charge in [-0.2, -0.15) is 5.10 Å². The fourth-order valence-corrected chi connectivity index (χ4v) is 4.69. The van der Waals surface area contributed by atoms with Crippen LogP contribution in [0.15, 0.2) is 73.2 Å². The lowest BCUT2D eigenvalue weighted by molar-refractivity contribution is -0.118. The van der Waals surface area contributed by atoms with Gasteiger partial charge in [-0.3, -0.25) is 19.8 Å². The number of benzene rings is 2. The molecule has 7 nitrogen and oxygen atoms in total. The number of hydrogen-bond donors (Lipinski definition) is 2. The van der Waals surface area contributed by atoms with Gasteiger partial charge in [0.05, 0.1) is 23.6 Å². The monoisotopic (exact) mass is 455 g/mol. The molecule has 2 aromatic heterocycles. The van der Waals surface area contributed by atoms with Crippen molar-refractivity contribution in [1.29, 1.82) is 0 Å². The smallest absolute Gasteiger partial charge is 0.262 e. The van der Waals surface area contributed by atoms with E-state index in [9.17, 15) is 4.79 Å². The van der Waals surface area contributed by atoms with Crippen LogP contribution in [0.5, 0.6) is 5.75 Å². The molecule has 1 aliphatic rings. The third-order valence-corrected chi connectivity index (χ3v) is 6.25. The van der Waals surface area contributed by atoms with Crippen molar-refractivity contribution < 1.29 is 9.53 Å². The SMILES string of the molecule is O=C(COc1cccc(CN2CCC[C@@H](Cc3ccc4[nH]ncc4c3)C2)c1)Nc1cccnc1. The van der Waals surface area contributed by atoms with E-state index in [1.165, 1.54) is 29.4 Å². The second kappa shape index (κ2) is 10.5. The molecule has 0 spiro atoms. The van der Waals surface area contributed by atoms with Gasteiger partial charge in [0.15, 0.2) is 6.61 Å².